The van der Waals surface area contributed by atoms with Crippen LogP contribution in [0, 0.1) is 0 Å². The summed E-state index contributed by atoms with van der Waals surface area (Å²) in [5.41, 5.74) is 0.791. The Bertz CT molecular complexity index is 280. The zero-order valence-electron chi connectivity index (χ0n) is 7.04. The second-order valence-corrected chi connectivity index (χ2v) is 3.41. The van der Waals surface area contributed by atoms with E-state index in [1.807, 2.05) is 0 Å². The van der Waals surface area contributed by atoms with E-state index >= 15 is 0 Å². The van der Waals surface area contributed by atoms with Gasteiger partial charge >= 0.3 is 0 Å². The Morgan fingerprint density at radius 2 is 2.42 bits per heavy atom. The van der Waals surface area contributed by atoms with Gasteiger partial charge in [-0.25, -0.2) is 0 Å². The first kappa shape index (κ1) is 7.53. The van der Waals surface area contributed by atoms with Gasteiger partial charge in [-0.05, 0) is 19.8 Å². The fraction of sp³-hybridized carbons (Fsp3) is 0.556. The van der Waals surface area contributed by atoms with Crippen LogP contribution in [-0.2, 0) is 9.59 Å². The highest BCUT2D eigenvalue weighted by Crippen LogP contribution is 2.30. The van der Waals surface area contributed by atoms with Gasteiger partial charge in [0.15, 0.2) is 5.78 Å². The zero-order valence-corrected chi connectivity index (χ0v) is 7.04. The molecule has 3 nitrogen and oxygen atoms in total. The summed E-state index contributed by atoms with van der Waals surface area (Å²) in [5, 5.41) is 0. The van der Waals surface area contributed by atoms with E-state index in [4.69, 9.17) is 0 Å². The average Bonchev–Trinajstić information content (AvgIpc) is 2.02. The summed E-state index contributed by atoms with van der Waals surface area (Å²) in [6.45, 7) is 1.55. The Hall–Kier alpha value is -1.12. The van der Waals surface area contributed by atoms with Crippen LogP contribution in [0.15, 0.2) is 11.8 Å². The minimum Gasteiger partial charge on any atom is -0.315 e. The highest BCUT2D eigenvalue weighted by atomic mass is 16.2. The predicted octanol–water partition coefficient (Wildman–Crippen LogP) is 0.854. The molecule has 0 spiro atoms. The molecule has 0 aromatic carbocycles. The second-order valence-electron chi connectivity index (χ2n) is 3.41. The summed E-state index contributed by atoms with van der Waals surface area (Å²) in [5.74, 6) is 0.242. The van der Waals surface area contributed by atoms with E-state index < -0.39 is 0 Å². The number of ketones is 1. The molecule has 12 heavy (non-hydrogen) atoms. The molecular formula is C9H11NO2. The van der Waals surface area contributed by atoms with Gasteiger partial charge in [0, 0.05) is 24.2 Å². The molecule has 64 valence electrons. The summed E-state index contributed by atoms with van der Waals surface area (Å²) in [4.78, 5) is 23.7. The third-order valence-corrected chi connectivity index (χ3v) is 2.59. The van der Waals surface area contributed by atoms with Crippen LogP contribution in [0.4, 0.5) is 0 Å². The van der Waals surface area contributed by atoms with Crippen molar-refractivity contribution in [3.05, 3.63) is 11.8 Å². The van der Waals surface area contributed by atoms with Crippen molar-refractivity contribution in [1.29, 1.82) is 0 Å². The molecule has 2 heterocycles. The van der Waals surface area contributed by atoms with Crippen molar-refractivity contribution in [2.24, 2.45) is 0 Å². The zero-order chi connectivity index (χ0) is 8.72. The summed E-state index contributed by atoms with van der Waals surface area (Å²) in [7, 11) is 0. The van der Waals surface area contributed by atoms with Gasteiger partial charge in [-0.15, -0.1) is 0 Å². The molecule has 0 aromatic heterocycles. The average molecular weight is 165 g/mol. The molecule has 0 saturated carbocycles. The normalized spacial score (nSPS) is 27.4. The van der Waals surface area contributed by atoms with E-state index in [0.29, 0.717) is 12.5 Å². The number of hydrogen-bond donors (Lipinski definition) is 0. The van der Waals surface area contributed by atoms with Gasteiger partial charge in [-0.2, -0.15) is 0 Å². The molecule has 1 atom stereocenters. The summed E-state index contributed by atoms with van der Waals surface area (Å²) < 4.78 is 0. The minimum atomic E-state index is 0.0909. The first-order valence-electron chi connectivity index (χ1n) is 4.21. The fourth-order valence-corrected chi connectivity index (χ4v) is 1.74. The maximum Gasteiger partial charge on any atom is 0.228 e. The standard InChI is InChI=1S/C9H11NO2/c1-6(11)7-2-3-8-4-9(12)10(8)5-7/h5,8H,2-4H2,1H3/t8-/m1/s1. The SMILES string of the molecule is CC(=O)C1=CN2C(=O)C[C@H]2CC1. The van der Waals surface area contributed by atoms with Gasteiger partial charge in [0.25, 0.3) is 0 Å². The summed E-state index contributed by atoms with van der Waals surface area (Å²) in [6.07, 6.45) is 4.19. The Morgan fingerprint density at radius 3 is 3.00 bits per heavy atom. The van der Waals surface area contributed by atoms with Crippen LogP contribution in [0.1, 0.15) is 26.2 Å². The quantitative estimate of drug-likeness (QED) is 0.540. The highest BCUT2D eigenvalue weighted by molar-refractivity contribution is 5.95. The monoisotopic (exact) mass is 165 g/mol. The van der Waals surface area contributed by atoms with Crippen LogP contribution in [0.2, 0.25) is 0 Å². The Labute approximate surface area is 71.0 Å². The molecule has 2 aliphatic rings. The van der Waals surface area contributed by atoms with Crippen LogP contribution >= 0.6 is 0 Å². The maximum atomic E-state index is 11.0. The van der Waals surface area contributed by atoms with Crippen LogP contribution in [0.3, 0.4) is 0 Å². The molecule has 0 radical (unpaired) electrons. The number of carbonyl (C=O) groups is 2. The van der Waals surface area contributed by atoms with Crippen molar-refractivity contribution >= 4 is 11.7 Å². The number of allylic oxidation sites excluding steroid dienone is 1. The van der Waals surface area contributed by atoms with Crippen molar-refractivity contribution in [2.45, 2.75) is 32.2 Å². The molecule has 1 fully saturated rings. The van der Waals surface area contributed by atoms with Crippen molar-refractivity contribution in [2.75, 3.05) is 0 Å². The lowest BCUT2D eigenvalue weighted by molar-refractivity contribution is -0.142. The number of hydrogen-bond acceptors (Lipinski definition) is 2. The molecule has 1 amide bonds. The molecule has 2 aliphatic heterocycles. The topological polar surface area (TPSA) is 37.4 Å². The van der Waals surface area contributed by atoms with Crippen molar-refractivity contribution in [3.63, 3.8) is 0 Å². The maximum absolute atomic E-state index is 11.0. The van der Waals surface area contributed by atoms with E-state index in [1.54, 1.807) is 18.0 Å². The van der Waals surface area contributed by atoms with Crippen LogP contribution in [0.5, 0.6) is 0 Å². The third-order valence-electron chi connectivity index (χ3n) is 2.59. The second kappa shape index (κ2) is 2.44. The third kappa shape index (κ3) is 0.967. The van der Waals surface area contributed by atoms with Crippen LogP contribution in [-0.4, -0.2) is 22.6 Å². The van der Waals surface area contributed by atoms with Gasteiger partial charge < -0.3 is 4.90 Å². The van der Waals surface area contributed by atoms with Gasteiger partial charge in [0.05, 0.1) is 0 Å². The van der Waals surface area contributed by atoms with Crippen molar-refractivity contribution in [1.82, 2.24) is 4.90 Å². The Kier molecular flexibility index (Phi) is 1.53. The number of fused-ring (bicyclic) bond motifs is 1. The number of Topliss-reactive ketones (excluding diaryl/α,β-unsaturated/α-hetero) is 1. The van der Waals surface area contributed by atoms with Gasteiger partial charge in [0.2, 0.25) is 5.91 Å². The number of amides is 1. The first-order chi connectivity index (χ1) is 5.68. The predicted molar refractivity (Wildman–Crippen MR) is 43.2 cm³/mol. The van der Waals surface area contributed by atoms with Gasteiger partial charge in [0.1, 0.15) is 0 Å². The first-order valence-corrected chi connectivity index (χ1v) is 4.21. The smallest absolute Gasteiger partial charge is 0.228 e. The lowest BCUT2D eigenvalue weighted by Gasteiger charge is -2.41. The van der Waals surface area contributed by atoms with E-state index in [2.05, 4.69) is 0 Å². The molecule has 0 aliphatic carbocycles. The van der Waals surface area contributed by atoms with E-state index in [9.17, 15) is 9.59 Å². The largest absolute Gasteiger partial charge is 0.315 e. The molecular weight excluding hydrogens is 154 g/mol. The van der Waals surface area contributed by atoms with Crippen LogP contribution < -0.4 is 0 Å². The summed E-state index contributed by atoms with van der Waals surface area (Å²) in [6, 6.07) is 0.389. The fourth-order valence-electron chi connectivity index (χ4n) is 1.74. The van der Waals surface area contributed by atoms with E-state index in [-0.39, 0.29) is 11.7 Å². The number of carbonyl (C=O) groups excluding carboxylic acids is 2. The van der Waals surface area contributed by atoms with E-state index in [1.165, 1.54) is 0 Å². The molecule has 0 N–H and O–H groups in total. The van der Waals surface area contributed by atoms with Gasteiger partial charge in [-0.3, -0.25) is 9.59 Å². The molecule has 3 heteroatoms. The number of β-lactam (4-membered cyclic amide) rings is 1. The Balaban J connectivity index is 2.19. The number of rotatable bonds is 1. The molecule has 1 saturated heterocycles. The van der Waals surface area contributed by atoms with E-state index in [0.717, 1.165) is 18.4 Å². The molecule has 0 bridgehead atoms. The van der Waals surface area contributed by atoms with Crippen molar-refractivity contribution < 1.29 is 9.59 Å². The van der Waals surface area contributed by atoms with Crippen molar-refractivity contribution in [3.8, 4) is 0 Å². The number of nitrogens with zero attached hydrogens (tertiary/aromatic N) is 1. The Morgan fingerprint density at radius 1 is 1.67 bits per heavy atom. The highest BCUT2D eigenvalue weighted by Gasteiger charge is 2.37. The minimum absolute atomic E-state index is 0.0909. The lowest BCUT2D eigenvalue weighted by Crippen LogP contribution is -2.51. The molecule has 0 unspecified atom stereocenters. The van der Waals surface area contributed by atoms with Crippen LogP contribution in [0.25, 0.3) is 0 Å². The van der Waals surface area contributed by atoms with Gasteiger partial charge in [-0.1, -0.05) is 0 Å². The lowest BCUT2D eigenvalue weighted by atomic mass is 9.90. The molecule has 2 rings (SSSR count). The summed E-state index contributed by atoms with van der Waals surface area (Å²) >= 11 is 0. The molecule has 0 aromatic rings.